The number of nitrogens with zero attached hydrogens (tertiary/aromatic N) is 2. The summed E-state index contributed by atoms with van der Waals surface area (Å²) in [7, 11) is 0. The summed E-state index contributed by atoms with van der Waals surface area (Å²) in [4.78, 5) is 24.6. The van der Waals surface area contributed by atoms with Gasteiger partial charge in [-0.05, 0) is 49.7 Å². The van der Waals surface area contributed by atoms with Crippen LogP contribution in [-0.2, 0) is 19.4 Å². The summed E-state index contributed by atoms with van der Waals surface area (Å²) in [5, 5.41) is 19.1. The molecule has 8 heteroatoms. The zero-order chi connectivity index (χ0) is 18.3. The first kappa shape index (κ1) is 19.9. The van der Waals surface area contributed by atoms with Gasteiger partial charge in [-0.15, -0.1) is 28.3 Å². The number of fused-ring (bicyclic) bond motifs is 2. The molecule has 6 nitrogen and oxygen atoms in total. The van der Waals surface area contributed by atoms with Gasteiger partial charge in [-0.2, -0.15) is 0 Å². The van der Waals surface area contributed by atoms with Gasteiger partial charge in [0, 0.05) is 28.3 Å². The van der Waals surface area contributed by atoms with Crippen molar-refractivity contribution in [3.05, 3.63) is 55.3 Å². The molecule has 0 saturated heterocycles. The fourth-order valence-corrected chi connectivity index (χ4v) is 5.49. The van der Waals surface area contributed by atoms with Gasteiger partial charge in [-0.25, -0.2) is 0 Å². The number of halogens is 1. The molecule has 4 rings (SSSR count). The maximum absolute atomic E-state index is 12.6. The van der Waals surface area contributed by atoms with Crippen molar-refractivity contribution < 1.29 is 9.72 Å². The average Bonchev–Trinajstić information content (AvgIpc) is 2.94. The summed E-state index contributed by atoms with van der Waals surface area (Å²) in [6.45, 7) is 0.139. The Balaban J connectivity index is 0.00000210. The number of carbonyl (C=O) groups is 1. The molecule has 2 aromatic rings. The first-order valence-electron chi connectivity index (χ1n) is 9.06. The maximum atomic E-state index is 12.6. The number of nitro benzene ring substituents is 1. The molecule has 2 aliphatic carbocycles. The molecule has 27 heavy (non-hydrogen) atoms. The highest BCUT2D eigenvalue weighted by atomic mass is 79.9. The molecular formula is C19H22BrN3O3S. The zero-order valence-corrected chi connectivity index (χ0v) is 17.4. The van der Waals surface area contributed by atoms with Crippen LogP contribution in [0.5, 0.6) is 0 Å². The first-order chi connectivity index (χ1) is 12.5. The van der Waals surface area contributed by atoms with E-state index in [9.17, 15) is 14.9 Å². The second-order valence-corrected chi connectivity index (χ2v) is 8.39. The van der Waals surface area contributed by atoms with E-state index in [0.29, 0.717) is 16.3 Å². The lowest BCUT2D eigenvalue weighted by molar-refractivity contribution is -0.384. The van der Waals surface area contributed by atoms with Gasteiger partial charge in [0.15, 0.2) is 10.6 Å². The summed E-state index contributed by atoms with van der Waals surface area (Å²) in [5.41, 5.74) is 1.60. The Morgan fingerprint density at radius 2 is 1.81 bits per heavy atom. The van der Waals surface area contributed by atoms with E-state index in [4.69, 9.17) is 5.41 Å². The number of aromatic nitrogens is 1. The molecule has 1 N–H and O–H groups in total. The van der Waals surface area contributed by atoms with E-state index in [1.54, 1.807) is 0 Å². The molecule has 0 aliphatic heterocycles. The van der Waals surface area contributed by atoms with Crippen molar-refractivity contribution in [2.45, 2.75) is 45.1 Å². The molecule has 1 aromatic carbocycles. The van der Waals surface area contributed by atoms with Crippen LogP contribution >= 0.6 is 28.3 Å². The van der Waals surface area contributed by atoms with Crippen LogP contribution in [0.15, 0.2) is 24.3 Å². The third-order valence-corrected chi connectivity index (χ3v) is 6.85. The lowest BCUT2D eigenvalue weighted by Crippen LogP contribution is -2.30. The topological polar surface area (TPSA) is 89.0 Å². The van der Waals surface area contributed by atoms with Gasteiger partial charge in [-0.3, -0.25) is 20.3 Å². The summed E-state index contributed by atoms with van der Waals surface area (Å²) in [6, 6.07) is 5.71. The van der Waals surface area contributed by atoms with Crippen LogP contribution in [0.4, 0.5) is 5.69 Å². The Bertz CT molecular complexity index is 919. The number of Topliss-reactive ketones (excluding diaryl/α,β-unsaturated/α-hetero) is 1. The minimum Gasteiger partial charge on any atom is -0.313 e. The third-order valence-electron chi connectivity index (χ3n) is 5.78. The fraction of sp³-hybridized carbons (Fsp3) is 0.474. The molecule has 144 valence electrons. The number of hydrogen-bond donors (Lipinski definition) is 1. The molecule has 1 heterocycles. The van der Waals surface area contributed by atoms with Crippen molar-refractivity contribution in [2.24, 2.45) is 11.8 Å². The minimum atomic E-state index is -0.471. The van der Waals surface area contributed by atoms with Gasteiger partial charge < -0.3 is 4.57 Å². The van der Waals surface area contributed by atoms with Crippen LogP contribution in [0, 0.1) is 27.4 Å². The van der Waals surface area contributed by atoms with Crippen molar-refractivity contribution in [1.82, 2.24) is 4.57 Å². The SMILES string of the molecule is Br.N=c1sc2c(n1CC(=O)c1ccc([N+](=O)[O-])cc1)CC1CCCCC1C2. The molecule has 0 amide bonds. The number of non-ortho nitro benzene ring substituents is 1. The Morgan fingerprint density at radius 1 is 1.19 bits per heavy atom. The molecule has 0 radical (unpaired) electrons. The number of nitro groups is 1. The number of benzene rings is 1. The predicted octanol–water partition coefficient (Wildman–Crippen LogP) is 4.30. The Hall–Kier alpha value is -1.80. The normalized spacial score (nSPS) is 20.9. The zero-order valence-electron chi connectivity index (χ0n) is 14.8. The van der Waals surface area contributed by atoms with Gasteiger partial charge in [0.1, 0.15) is 0 Å². The Labute approximate surface area is 171 Å². The highest BCUT2D eigenvalue weighted by molar-refractivity contribution is 8.93. The van der Waals surface area contributed by atoms with Crippen LogP contribution in [0.2, 0.25) is 0 Å². The minimum absolute atomic E-state index is 0. The maximum Gasteiger partial charge on any atom is 0.269 e. The van der Waals surface area contributed by atoms with E-state index in [0.717, 1.165) is 18.8 Å². The van der Waals surface area contributed by atoms with E-state index in [1.165, 1.54) is 71.9 Å². The fourth-order valence-electron chi connectivity index (χ4n) is 4.37. The van der Waals surface area contributed by atoms with Crippen molar-refractivity contribution in [2.75, 3.05) is 0 Å². The van der Waals surface area contributed by atoms with Crippen LogP contribution in [0.25, 0.3) is 0 Å². The highest BCUT2D eigenvalue weighted by Crippen LogP contribution is 2.40. The monoisotopic (exact) mass is 451 g/mol. The number of thiazole rings is 1. The molecule has 1 aromatic heterocycles. The lowest BCUT2D eigenvalue weighted by atomic mass is 9.72. The number of carbonyl (C=O) groups excluding carboxylic acids is 1. The first-order valence-corrected chi connectivity index (χ1v) is 9.88. The molecule has 0 spiro atoms. The van der Waals surface area contributed by atoms with Crippen LogP contribution in [0.3, 0.4) is 0 Å². The third kappa shape index (κ3) is 3.91. The largest absolute Gasteiger partial charge is 0.313 e. The van der Waals surface area contributed by atoms with Crippen LogP contribution in [0.1, 0.15) is 46.6 Å². The van der Waals surface area contributed by atoms with Crippen LogP contribution < -0.4 is 4.80 Å². The predicted molar refractivity (Wildman–Crippen MR) is 109 cm³/mol. The van der Waals surface area contributed by atoms with Gasteiger partial charge in [-0.1, -0.05) is 12.8 Å². The van der Waals surface area contributed by atoms with Crippen molar-refractivity contribution in [1.29, 1.82) is 5.41 Å². The number of nitrogens with one attached hydrogen (secondary N) is 1. The van der Waals surface area contributed by atoms with E-state index in [-0.39, 0.29) is 35.0 Å². The molecule has 1 saturated carbocycles. The summed E-state index contributed by atoms with van der Waals surface area (Å²) >= 11 is 1.50. The average molecular weight is 452 g/mol. The Kier molecular flexibility index (Phi) is 5.95. The smallest absolute Gasteiger partial charge is 0.269 e. The summed E-state index contributed by atoms with van der Waals surface area (Å²) in [5.74, 6) is 1.32. The van der Waals surface area contributed by atoms with Gasteiger partial charge in [0.05, 0.1) is 11.5 Å². The number of rotatable bonds is 4. The number of ketones is 1. The molecule has 0 bridgehead atoms. The molecule has 2 aliphatic rings. The second kappa shape index (κ2) is 8.06. The quantitative estimate of drug-likeness (QED) is 0.426. The lowest BCUT2D eigenvalue weighted by Gasteiger charge is -2.35. The summed E-state index contributed by atoms with van der Waals surface area (Å²) < 4.78 is 1.86. The van der Waals surface area contributed by atoms with Gasteiger partial charge in [0.25, 0.3) is 5.69 Å². The van der Waals surface area contributed by atoms with Crippen LogP contribution in [-0.4, -0.2) is 15.3 Å². The standard InChI is InChI=1S/C19H21N3O3S.BrH/c20-19-21(11-17(23)12-5-7-15(8-6-12)22(24)25)16-9-13-3-1-2-4-14(13)10-18(16)26-19;/h5-8,13-14,20H,1-4,9-11H2;1H. The summed E-state index contributed by atoms with van der Waals surface area (Å²) in [6.07, 6.45) is 7.17. The van der Waals surface area contributed by atoms with Gasteiger partial charge >= 0.3 is 0 Å². The number of hydrogen-bond acceptors (Lipinski definition) is 5. The molecule has 2 atom stereocenters. The van der Waals surface area contributed by atoms with Gasteiger partial charge in [0.2, 0.25) is 0 Å². The highest BCUT2D eigenvalue weighted by Gasteiger charge is 2.33. The molecule has 1 fully saturated rings. The van der Waals surface area contributed by atoms with Crippen molar-refractivity contribution >= 4 is 39.8 Å². The van der Waals surface area contributed by atoms with Crippen molar-refractivity contribution in [3.63, 3.8) is 0 Å². The van der Waals surface area contributed by atoms with E-state index < -0.39 is 4.92 Å². The van der Waals surface area contributed by atoms with E-state index in [1.807, 2.05) is 4.57 Å². The van der Waals surface area contributed by atoms with E-state index >= 15 is 0 Å². The molecule has 2 unspecified atom stereocenters. The second-order valence-electron chi connectivity index (χ2n) is 7.30. The molecular weight excluding hydrogens is 430 g/mol. The van der Waals surface area contributed by atoms with E-state index in [2.05, 4.69) is 0 Å². The van der Waals surface area contributed by atoms with Crippen molar-refractivity contribution in [3.8, 4) is 0 Å². The Morgan fingerprint density at radius 3 is 2.44 bits per heavy atom.